The average molecular weight is 580 g/mol. The largest absolute Gasteiger partial charge is 0.573 e. The van der Waals surface area contributed by atoms with Gasteiger partial charge in [0.05, 0.1) is 6.54 Å². The summed E-state index contributed by atoms with van der Waals surface area (Å²) < 4.78 is 47.4. The van der Waals surface area contributed by atoms with E-state index in [1.165, 1.54) is 12.1 Å². The van der Waals surface area contributed by atoms with Gasteiger partial charge in [-0.3, -0.25) is 4.99 Å². The lowest BCUT2D eigenvalue weighted by atomic mass is 9.82. The number of amides is 3. The molecule has 9 nitrogen and oxygen atoms in total. The van der Waals surface area contributed by atoms with Gasteiger partial charge in [-0.2, -0.15) is 0 Å². The first-order valence-corrected chi connectivity index (χ1v) is 14.2. The molecule has 0 saturated carbocycles. The van der Waals surface area contributed by atoms with Crippen LogP contribution in [-0.2, 0) is 4.74 Å². The van der Waals surface area contributed by atoms with Crippen molar-refractivity contribution in [3.8, 4) is 5.75 Å². The van der Waals surface area contributed by atoms with Crippen LogP contribution < -0.4 is 10.1 Å². The molecule has 3 amide bonds. The summed E-state index contributed by atoms with van der Waals surface area (Å²) in [5.74, 6) is 0.610. The van der Waals surface area contributed by atoms with Crippen molar-refractivity contribution in [2.75, 3.05) is 32.7 Å². The van der Waals surface area contributed by atoms with E-state index in [-0.39, 0.29) is 35.6 Å². The lowest BCUT2D eigenvalue weighted by Crippen LogP contribution is -2.54. The van der Waals surface area contributed by atoms with Crippen molar-refractivity contribution in [2.24, 2.45) is 21.8 Å². The number of nitrogens with one attached hydrogen (secondary N) is 1. The molecule has 3 aliphatic heterocycles. The van der Waals surface area contributed by atoms with E-state index in [0.29, 0.717) is 52.0 Å². The van der Waals surface area contributed by atoms with Gasteiger partial charge in [-0.05, 0) is 57.7 Å². The van der Waals surface area contributed by atoms with Gasteiger partial charge >= 0.3 is 18.5 Å². The molecule has 0 bridgehead atoms. The maximum absolute atomic E-state index is 13.7. The minimum atomic E-state index is -4.76. The van der Waals surface area contributed by atoms with E-state index in [0.717, 1.165) is 17.1 Å². The number of likely N-dealkylation sites (tertiary alicyclic amines) is 2. The Morgan fingerprint density at radius 1 is 1.00 bits per heavy atom. The van der Waals surface area contributed by atoms with Crippen LogP contribution in [-0.4, -0.2) is 84.2 Å². The van der Waals surface area contributed by atoms with Crippen LogP contribution in [0.1, 0.15) is 65.4 Å². The van der Waals surface area contributed by atoms with Gasteiger partial charge in [-0.25, -0.2) is 14.6 Å². The number of hydrogen-bond donors (Lipinski definition) is 1. The minimum absolute atomic E-state index is 0.0184. The third-order valence-electron chi connectivity index (χ3n) is 7.44. The third kappa shape index (κ3) is 8.59. The number of carbonyl (C=O) groups is 2. The molecule has 0 aromatic heterocycles. The number of urea groups is 1. The molecule has 12 heteroatoms. The van der Waals surface area contributed by atoms with E-state index in [1.54, 1.807) is 17.0 Å². The Kier molecular flexibility index (Phi) is 9.18. The predicted octanol–water partition coefficient (Wildman–Crippen LogP) is 5.61. The van der Waals surface area contributed by atoms with Gasteiger partial charge in [0.25, 0.3) is 0 Å². The molecular formula is C29H40F3N5O4. The monoisotopic (exact) mass is 579 g/mol. The van der Waals surface area contributed by atoms with Crippen molar-refractivity contribution in [1.29, 1.82) is 0 Å². The van der Waals surface area contributed by atoms with Crippen molar-refractivity contribution in [3.05, 3.63) is 29.8 Å². The van der Waals surface area contributed by atoms with Crippen LogP contribution in [0.5, 0.6) is 5.75 Å². The van der Waals surface area contributed by atoms with Crippen LogP contribution >= 0.6 is 0 Å². The molecule has 1 aromatic carbocycles. The van der Waals surface area contributed by atoms with Crippen LogP contribution in [0.25, 0.3) is 0 Å². The number of rotatable bonds is 5. The Labute approximate surface area is 239 Å². The molecule has 2 unspecified atom stereocenters. The number of alkyl halides is 3. The van der Waals surface area contributed by atoms with Gasteiger partial charge in [0, 0.05) is 55.7 Å². The summed E-state index contributed by atoms with van der Waals surface area (Å²) in [6, 6.07) is 5.74. The van der Waals surface area contributed by atoms with Crippen molar-refractivity contribution in [1.82, 2.24) is 15.1 Å². The molecule has 3 heterocycles. The Morgan fingerprint density at radius 3 is 2.20 bits per heavy atom. The molecule has 4 rings (SSSR count). The molecule has 41 heavy (non-hydrogen) atoms. The maximum Gasteiger partial charge on any atom is 0.573 e. The number of piperidine rings is 2. The first-order chi connectivity index (χ1) is 19.2. The van der Waals surface area contributed by atoms with Crippen LogP contribution in [0, 0.1) is 11.8 Å². The topological polar surface area (TPSA) is 95.8 Å². The van der Waals surface area contributed by atoms with E-state index < -0.39 is 18.1 Å². The zero-order chi connectivity index (χ0) is 29.9. The fraction of sp³-hybridized carbons (Fsp3) is 0.655. The molecule has 1 N–H and O–H groups in total. The second-order valence-electron chi connectivity index (χ2n) is 12.3. The third-order valence-corrected chi connectivity index (χ3v) is 7.44. The van der Waals surface area contributed by atoms with Crippen LogP contribution in [0.15, 0.2) is 34.3 Å². The number of nitrogens with zero attached hydrogens (tertiary/aromatic N) is 4. The standard InChI is InChI=1S/C29H40F3N5O4/c1-18(2)25-33-15-24(35-25)21-14-20(19-6-8-23(9-7-19)40-29(30,31)32)16-37(17-21)27(39)36-12-10-22(11-13-36)34-26(38)41-28(3,4)5/h6-9,18,20-22H,10-17H2,1-5H3,(H,34,38). The van der Waals surface area contributed by atoms with Crippen LogP contribution in [0.4, 0.5) is 22.8 Å². The number of halogens is 3. The molecular weight excluding hydrogens is 539 g/mol. The highest BCUT2D eigenvalue weighted by molar-refractivity contribution is 6.06. The highest BCUT2D eigenvalue weighted by Gasteiger charge is 2.37. The molecule has 2 saturated heterocycles. The van der Waals surface area contributed by atoms with Crippen LogP contribution in [0.2, 0.25) is 0 Å². The van der Waals surface area contributed by atoms with Gasteiger partial charge in [-0.15, -0.1) is 13.2 Å². The zero-order valence-electron chi connectivity index (χ0n) is 24.3. The maximum atomic E-state index is 13.7. The highest BCUT2D eigenvalue weighted by Crippen LogP contribution is 2.34. The fourth-order valence-electron chi connectivity index (χ4n) is 5.48. The Bertz CT molecular complexity index is 1150. The van der Waals surface area contributed by atoms with E-state index in [4.69, 9.17) is 9.73 Å². The number of aliphatic imine (C=N–C) groups is 2. The van der Waals surface area contributed by atoms with Crippen LogP contribution in [0.3, 0.4) is 0 Å². The smallest absolute Gasteiger partial charge is 0.444 e. The van der Waals surface area contributed by atoms with E-state index in [2.05, 4.69) is 15.0 Å². The SMILES string of the molecule is CC(C)C1=NCC(C2CC(c3ccc(OC(F)(F)F)cc3)CN(C(=O)N3CCC(NC(=O)OC(C)(C)C)CC3)C2)=N1. The molecule has 3 aliphatic rings. The number of carbonyl (C=O) groups excluding carboxylic acids is 2. The lowest BCUT2D eigenvalue weighted by Gasteiger charge is -2.42. The minimum Gasteiger partial charge on any atom is -0.444 e. The lowest BCUT2D eigenvalue weighted by molar-refractivity contribution is -0.274. The second-order valence-corrected chi connectivity index (χ2v) is 12.3. The summed E-state index contributed by atoms with van der Waals surface area (Å²) in [6.45, 7) is 11.9. The summed E-state index contributed by atoms with van der Waals surface area (Å²) in [7, 11) is 0. The number of hydrogen-bond acceptors (Lipinski definition) is 6. The van der Waals surface area contributed by atoms with Gasteiger partial charge in [0.1, 0.15) is 17.2 Å². The summed E-state index contributed by atoms with van der Waals surface area (Å²) in [6.07, 6.45) is -3.28. The zero-order valence-corrected chi connectivity index (χ0v) is 24.3. The van der Waals surface area contributed by atoms with Gasteiger partial charge < -0.3 is 24.6 Å². The summed E-state index contributed by atoms with van der Waals surface area (Å²) in [4.78, 5) is 38.9. The van der Waals surface area contributed by atoms with E-state index in [9.17, 15) is 22.8 Å². The van der Waals surface area contributed by atoms with Crippen molar-refractivity contribution in [2.45, 2.75) is 77.8 Å². The Morgan fingerprint density at radius 2 is 1.63 bits per heavy atom. The quantitative estimate of drug-likeness (QED) is 0.491. The molecule has 0 radical (unpaired) electrons. The summed E-state index contributed by atoms with van der Waals surface area (Å²) >= 11 is 0. The first-order valence-electron chi connectivity index (χ1n) is 14.2. The van der Waals surface area contributed by atoms with Gasteiger partial charge in [0.15, 0.2) is 0 Å². The molecule has 0 spiro atoms. The second kappa shape index (κ2) is 12.3. The van der Waals surface area contributed by atoms with Crippen molar-refractivity contribution >= 4 is 23.7 Å². The Hall–Kier alpha value is -3.31. The number of benzene rings is 1. The molecule has 2 atom stereocenters. The number of ether oxygens (including phenoxy) is 2. The van der Waals surface area contributed by atoms with Gasteiger partial charge in [-0.1, -0.05) is 26.0 Å². The Balaban J connectivity index is 1.44. The predicted molar refractivity (Wildman–Crippen MR) is 149 cm³/mol. The first kappa shape index (κ1) is 30.6. The number of amidine groups is 1. The van der Waals surface area contributed by atoms with Crippen molar-refractivity contribution < 1.29 is 32.2 Å². The normalized spacial score (nSPS) is 22.4. The fourth-order valence-corrected chi connectivity index (χ4v) is 5.48. The van der Waals surface area contributed by atoms with E-state index in [1.807, 2.05) is 39.5 Å². The van der Waals surface area contributed by atoms with Gasteiger partial charge in [0.2, 0.25) is 0 Å². The molecule has 2 fully saturated rings. The van der Waals surface area contributed by atoms with E-state index >= 15 is 0 Å². The number of alkyl carbamates (subject to hydrolysis) is 1. The summed E-state index contributed by atoms with van der Waals surface area (Å²) in [5, 5.41) is 2.90. The molecule has 0 aliphatic carbocycles. The molecule has 1 aromatic rings. The average Bonchev–Trinajstić information content (AvgIpc) is 3.38. The summed E-state index contributed by atoms with van der Waals surface area (Å²) in [5.41, 5.74) is 1.19. The highest BCUT2D eigenvalue weighted by atomic mass is 19.4. The van der Waals surface area contributed by atoms with Crippen molar-refractivity contribution in [3.63, 3.8) is 0 Å². The molecule has 226 valence electrons.